The second-order valence-corrected chi connectivity index (χ2v) is 9.13. The number of carbonyl (C=O) groups is 1. The summed E-state index contributed by atoms with van der Waals surface area (Å²) in [6, 6.07) is 4.09. The summed E-state index contributed by atoms with van der Waals surface area (Å²) in [5.41, 5.74) is 3.64. The Morgan fingerprint density at radius 3 is 2.38 bits per heavy atom. The van der Waals surface area contributed by atoms with Crippen LogP contribution in [-0.4, -0.2) is 26.1 Å². The summed E-state index contributed by atoms with van der Waals surface area (Å²) in [6.45, 7) is 6.03. The number of aryl methyl sites for hydroxylation is 3. The number of benzene rings is 1. The van der Waals surface area contributed by atoms with Crippen LogP contribution in [0.25, 0.3) is 5.57 Å². The number of hydrogen-bond acceptors (Lipinski definition) is 4. The first-order valence-electron chi connectivity index (χ1n) is 9.24. The van der Waals surface area contributed by atoms with E-state index in [1.807, 2.05) is 26.8 Å². The minimum Gasteiger partial charge on any atom is -0.384 e. The summed E-state index contributed by atoms with van der Waals surface area (Å²) in [5.74, 6) is 0.0681. The molecule has 1 aromatic rings. The van der Waals surface area contributed by atoms with Crippen molar-refractivity contribution in [1.29, 1.82) is 0 Å². The van der Waals surface area contributed by atoms with Gasteiger partial charge in [-0.15, -0.1) is 0 Å². The Balaban J connectivity index is 2.28. The smallest absolute Gasteiger partial charge is 0.306 e. The van der Waals surface area contributed by atoms with Crippen LogP contribution in [0.3, 0.4) is 0 Å². The molecule has 0 radical (unpaired) electrons. The van der Waals surface area contributed by atoms with Gasteiger partial charge in [0.15, 0.2) is 5.76 Å². The molecule has 26 heavy (non-hydrogen) atoms. The third-order valence-corrected chi connectivity index (χ3v) is 5.85. The van der Waals surface area contributed by atoms with E-state index in [0.717, 1.165) is 54.2 Å². The SMILES string of the molecule is CCc1cc(C)cc(C)c1C1=C(OS(C)(=O)=O)C2(CCCCC2)NC1=O. The van der Waals surface area contributed by atoms with Crippen molar-refractivity contribution in [2.75, 3.05) is 6.26 Å². The molecule has 1 fully saturated rings. The maximum absolute atomic E-state index is 13.0. The molecule has 142 valence electrons. The molecule has 5 nitrogen and oxygen atoms in total. The lowest BCUT2D eigenvalue weighted by Gasteiger charge is -2.34. The van der Waals surface area contributed by atoms with Crippen LogP contribution in [0.5, 0.6) is 0 Å². The van der Waals surface area contributed by atoms with E-state index in [4.69, 9.17) is 4.18 Å². The predicted octanol–water partition coefficient (Wildman–Crippen LogP) is 3.39. The van der Waals surface area contributed by atoms with Crippen LogP contribution in [0, 0.1) is 13.8 Å². The summed E-state index contributed by atoms with van der Waals surface area (Å²) in [5, 5.41) is 3.08. The van der Waals surface area contributed by atoms with Crippen molar-refractivity contribution >= 4 is 21.6 Å². The number of carbonyl (C=O) groups excluding carboxylic acids is 1. The van der Waals surface area contributed by atoms with Crippen molar-refractivity contribution in [2.24, 2.45) is 0 Å². The van der Waals surface area contributed by atoms with Crippen molar-refractivity contribution < 1.29 is 17.4 Å². The zero-order chi connectivity index (χ0) is 19.1. The Bertz CT molecular complexity index is 877. The second kappa shape index (κ2) is 6.72. The molecule has 0 atom stereocenters. The van der Waals surface area contributed by atoms with Crippen molar-refractivity contribution in [3.63, 3.8) is 0 Å². The van der Waals surface area contributed by atoms with Crippen LogP contribution in [0.4, 0.5) is 0 Å². The lowest BCUT2D eigenvalue weighted by atomic mass is 9.80. The number of rotatable bonds is 4. The number of hydrogen-bond donors (Lipinski definition) is 1. The fourth-order valence-corrected chi connectivity index (χ4v) is 4.92. The van der Waals surface area contributed by atoms with Gasteiger partial charge in [-0.2, -0.15) is 8.42 Å². The van der Waals surface area contributed by atoms with E-state index in [1.54, 1.807) is 0 Å². The molecular formula is C20H27NO4S. The first kappa shape index (κ1) is 19.0. The van der Waals surface area contributed by atoms with Gasteiger partial charge >= 0.3 is 10.1 Å². The van der Waals surface area contributed by atoms with E-state index in [2.05, 4.69) is 11.4 Å². The maximum atomic E-state index is 13.0. The summed E-state index contributed by atoms with van der Waals surface area (Å²) < 4.78 is 29.5. The minimum absolute atomic E-state index is 0.229. The fourth-order valence-electron chi connectivity index (χ4n) is 4.38. The monoisotopic (exact) mass is 377 g/mol. The Kier molecular flexibility index (Phi) is 4.90. The highest BCUT2D eigenvalue weighted by Gasteiger charge is 2.49. The number of amides is 1. The van der Waals surface area contributed by atoms with E-state index >= 15 is 0 Å². The highest BCUT2D eigenvalue weighted by atomic mass is 32.2. The number of nitrogens with one attached hydrogen (secondary N) is 1. The molecule has 0 bridgehead atoms. The fraction of sp³-hybridized carbons (Fsp3) is 0.550. The van der Waals surface area contributed by atoms with Gasteiger partial charge in [0, 0.05) is 0 Å². The van der Waals surface area contributed by atoms with Crippen molar-refractivity contribution in [1.82, 2.24) is 5.32 Å². The lowest BCUT2D eigenvalue weighted by Crippen LogP contribution is -2.46. The molecule has 1 heterocycles. The highest BCUT2D eigenvalue weighted by molar-refractivity contribution is 7.86. The third kappa shape index (κ3) is 3.39. The molecule has 6 heteroatoms. The summed E-state index contributed by atoms with van der Waals surface area (Å²) in [6.07, 6.45) is 6.19. The average molecular weight is 378 g/mol. The second-order valence-electron chi connectivity index (χ2n) is 7.56. The summed E-state index contributed by atoms with van der Waals surface area (Å²) in [7, 11) is -3.74. The molecule has 1 amide bonds. The Labute approximate surface area is 155 Å². The zero-order valence-electron chi connectivity index (χ0n) is 15.9. The molecule has 1 N–H and O–H groups in total. The summed E-state index contributed by atoms with van der Waals surface area (Å²) >= 11 is 0. The molecule has 3 rings (SSSR count). The first-order valence-corrected chi connectivity index (χ1v) is 11.1. The van der Waals surface area contributed by atoms with E-state index in [-0.39, 0.29) is 5.91 Å². The van der Waals surface area contributed by atoms with Gasteiger partial charge in [-0.3, -0.25) is 4.79 Å². The van der Waals surface area contributed by atoms with Crippen LogP contribution in [0.2, 0.25) is 0 Å². The molecule has 0 saturated heterocycles. The van der Waals surface area contributed by atoms with Gasteiger partial charge in [-0.05, 0) is 49.8 Å². The maximum Gasteiger partial charge on any atom is 0.306 e. The molecule has 1 saturated carbocycles. The van der Waals surface area contributed by atoms with E-state index in [9.17, 15) is 13.2 Å². The van der Waals surface area contributed by atoms with Gasteiger partial charge in [0.25, 0.3) is 5.91 Å². The zero-order valence-corrected chi connectivity index (χ0v) is 16.8. The van der Waals surface area contributed by atoms with Gasteiger partial charge in [-0.25, -0.2) is 0 Å². The largest absolute Gasteiger partial charge is 0.384 e. The average Bonchev–Trinajstić information content (AvgIpc) is 2.77. The molecule has 0 unspecified atom stereocenters. The van der Waals surface area contributed by atoms with Crippen molar-refractivity contribution in [3.05, 3.63) is 40.1 Å². The van der Waals surface area contributed by atoms with Crippen LogP contribution < -0.4 is 5.32 Å². The standard InChI is InChI=1S/C20H27NO4S/c1-5-15-12-13(2)11-14(3)16(15)17-18(25-26(4,23)24)20(21-19(17)22)9-7-6-8-10-20/h11-12H,5-10H2,1-4H3,(H,21,22). The van der Waals surface area contributed by atoms with Crippen LogP contribution in [-0.2, 0) is 25.5 Å². The molecular weight excluding hydrogens is 350 g/mol. The summed E-state index contributed by atoms with van der Waals surface area (Å²) in [4.78, 5) is 13.0. The Morgan fingerprint density at radius 2 is 1.81 bits per heavy atom. The first-order chi connectivity index (χ1) is 12.2. The minimum atomic E-state index is -3.74. The third-order valence-electron chi connectivity index (χ3n) is 5.38. The van der Waals surface area contributed by atoms with E-state index < -0.39 is 15.7 Å². The molecule has 1 spiro atoms. The normalized spacial score (nSPS) is 19.8. The van der Waals surface area contributed by atoms with Gasteiger partial charge in [0.05, 0.1) is 11.8 Å². The topological polar surface area (TPSA) is 72.5 Å². The van der Waals surface area contributed by atoms with Crippen LogP contribution >= 0.6 is 0 Å². The van der Waals surface area contributed by atoms with Crippen LogP contribution in [0.1, 0.15) is 61.3 Å². The molecule has 1 aliphatic heterocycles. The molecule has 0 aromatic heterocycles. The molecule has 2 aliphatic rings. The van der Waals surface area contributed by atoms with Gasteiger partial charge in [-0.1, -0.05) is 43.9 Å². The van der Waals surface area contributed by atoms with E-state index in [0.29, 0.717) is 24.2 Å². The van der Waals surface area contributed by atoms with Crippen molar-refractivity contribution in [2.45, 2.75) is 64.8 Å². The lowest BCUT2D eigenvalue weighted by molar-refractivity contribution is -0.116. The molecule has 1 aliphatic carbocycles. The quantitative estimate of drug-likeness (QED) is 0.817. The van der Waals surface area contributed by atoms with Gasteiger partial charge in [0.1, 0.15) is 5.54 Å². The van der Waals surface area contributed by atoms with Gasteiger partial charge < -0.3 is 9.50 Å². The Hall–Kier alpha value is -1.82. The van der Waals surface area contributed by atoms with E-state index in [1.165, 1.54) is 0 Å². The molecule has 1 aromatic carbocycles. The predicted molar refractivity (Wildman–Crippen MR) is 102 cm³/mol. The van der Waals surface area contributed by atoms with Crippen LogP contribution in [0.15, 0.2) is 17.9 Å². The van der Waals surface area contributed by atoms with Gasteiger partial charge in [0.2, 0.25) is 0 Å². The highest BCUT2D eigenvalue weighted by Crippen LogP contribution is 2.45. The Morgan fingerprint density at radius 1 is 1.15 bits per heavy atom. The van der Waals surface area contributed by atoms with Crippen molar-refractivity contribution in [3.8, 4) is 0 Å².